The highest BCUT2D eigenvalue weighted by Crippen LogP contribution is 2.18. The van der Waals surface area contributed by atoms with Gasteiger partial charge in [-0.05, 0) is 38.1 Å². The Hall–Kier alpha value is -0.220. The minimum atomic E-state index is 0.300. The topological polar surface area (TPSA) is 32.3 Å². The molecule has 0 aliphatic carbocycles. The molecule has 2 saturated heterocycles. The first-order valence-corrected chi connectivity index (χ1v) is 7.10. The molecule has 0 aromatic heterocycles. The number of thioether (sulfide) groups is 1. The standard InChI is InChI=1S/C11H20N2OS/c14-11(10-2-4-12-5-3-10)13-6-1-8-15-9-7-13/h10,12H,1-9H2. The second kappa shape index (κ2) is 5.75. The van der Waals surface area contributed by atoms with Crippen LogP contribution in [0.3, 0.4) is 0 Å². The van der Waals surface area contributed by atoms with Gasteiger partial charge in [-0.15, -0.1) is 0 Å². The smallest absolute Gasteiger partial charge is 0.225 e. The summed E-state index contributed by atoms with van der Waals surface area (Å²) in [6, 6.07) is 0. The molecular weight excluding hydrogens is 208 g/mol. The molecule has 0 unspecified atom stereocenters. The van der Waals surface area contributed by atoms with Gasteiger partial charge in [-0.3, -0.25) is 4.79 Å². The summed E-state index contributed by atoms with van der Waals surface area (Å²) in [5.74, 6) is 3.06. The van der Waals surface area contributed by atoms with E-state index in [1.165, 1.54) is 12.2 Å². The highest BCUT2D eigenvalue weighted by molar-refractivity contribution is 7.99. The van der Waals surface area contributed by atoms with Gasteiger partial charge in [-0.2, -0.15) is 11.8 Å². The summed E-state index contributed by atoms with van der Waals surface area (Å²) in [6.07, 6.45) is 3.23. The normalized spacial score (nSPS) is 24.9. The molecule has 2 fully saturated rings. The molecule has 0 saturated carbocycles. The van der Waals surface area contributed by atoms with Gasteiger partial charge in [0.25, 0.3) is 0 Å². The molecule has 15 heavy (non-hydrogen) atoms. The van der Waals surface area contributed by atoms with E-state index in [0.717, 1.165) is 44.8 Å². The number of rotatable bonds is 1. The van der Waals surface area contributed by atoms with Crippen molar-refractivity contribution < 1.29 is 4.79 Å². The predicted octanol–water partition coefficient (Wildman–Crippen LogP) is 0.952. The van der Waals surface area contributed by atoms with Gasteiger partial charge in [-0.1, -0.05) is 0 Å². The molecule has 1 N–H and O–H groups in total. The van der Waals surface area contributed by atoms with E-state index in [4.69, 9.17) is 0 Å². The largest absolute Gasteiger partial charge is 0.342 e. The number of hydrogen-bond acceptors (Lipinski definition) is 3. The van der Waals surface area contributed by atoms with E-state index in [-0.39, 0.29) is 0 Å². The Bertz CT molecular complexity index is 209. The summed E-state index contributed by atoms with van der Waals surface area (Å²) in [6.45, 7) is 3.97. The van der Waals surface area contributed by atoms with Crippen LogP contribution in [0.5, 0.6) is 0 Å². The lowest BCUT2D eigenvalue weighted by Gasteiger charge is -2.28. The third-order valence-corrected chi connectivity index (χ3v) is 4.27. The molecule has 2 aliphatic heterocycles. The lowest BCUT2D eigenvalue weighted by atomic mass is 9.96. The third kappa shape index (κ3) is 3.11. The Morgan fingerprint density at radius 1 is 1.20 bits per heavy atom. The SMILES string of the molecule is O=C(C1CCNCC1)N1CCCSCC1. The number of nitrogens with one attached hydrogen (secondary N) is 1. The molecule has 4 heteroatoms. The summed E-state index contributed by atoms with van der Waals surface area (Å²) in [5.41, 5.74) is 0. The summed E-state index contributed by atoms with van der Waals surface area (Å²) in [5, 5.41) is 3.31. The average molecular weight is 228 g/mol. The van der Waals surface area contributed by atoms with Crippen LogP contribution >= 0.6 is 11.8 Å². The molecule has 2 heterocycles. The van der Waals surface area contributed by atoms with Crippen LogP contribution in [-0.2, 0) is 4.79 Å². The van der Waals surface area contributed by atoms with Crippen molar-refractivity contribution >= 4 is 17.7 Å². The molecule has 2 aliphatic rings. The van der Waals surface area contributed by atoms with Gasteiger partial charge in [0.2, 0.25) is 5.91 Å². The van der Waals surface area contributed by atoms with Gasteiger partial charge in [0.1, 0.15) is 0 Å². The van der Waals surface area contributed by atoms with E-state index in [2.05, 4.69) is 10.2 Å². The van der Waals surface area contributed by atoms with Crippen LogP contribution in [0.2, 0.25) is 0 Å². The Morgan fingerprint density at radius 2 is 2.00 bits per heavy atom. The molecule has 0 radical (unpaired) electrons. The zero-order valence-electron chi connectivity index (χ0n) is 9.21. The molecule has 0 bridgehead atoms. The van der Waals surface area contributed by atoms with Crippen LogP contribution in [0.4, 0.5) is 0 Å². The summed E-state index contributed by atoms with van der Waals surface area (Å²) < 4.78 is 0. The van der Waals surface area contributed by atoms with Crippen LogP contribution in [0, 0.1) is 5.92 Å². The molecule has 2 rings (SSSR count). The average Bonchev–Trinajstić information content (AvgIpc) is 2.58. The monoisotopic (exact) mass is 228 g/mol. The Labute approximate surface area is 96.0 Å². The maximum atomic E-state index is 12.2. The van der Waals surface area contributed by atoms with E-state index in [1.54, 1.807) is 0 Å². The van der Waals surface area contributed by atoms with Gasteiger partial charge < -0.3 is 10.2 Å². The first kappa shape index (κ1) is 11.3. The highest BCUT2D eigenvalue weighted by Gasteiger charge is 2.25. The second-order valence-corrected chi connectivity index (χ2v) is 5.54. The zero-order valence-corrected chi connectivity index (χ0v) is 10.0. The van der Waals surface area contributed by atoms with Crippen molar-refractivity contribution in [2.45, 2.75) is 19.3 Å². The second-order valence-electron chi connectivity index (χ2n) is 4.32. The fraction of sp³-hybridized carbons (Fsp3) is 0.909. The Balaban J connectivity index is 1.87. The van der Waals surface area contributed by atoms with Crippen molar-refractivity contribution in [3.05, 3.63) is 0 Å². The first-order valence-electron chi connectivity index (χ1n) is 5.95. The van der Waals surface area contributed by atoms with Gasteiger partial charge in [0.15, 0.2) is 0 Å². The van der Waals surface area contributed by atoms with E-state index < -0.39 is 0 Å². The fourth-order valence-electron chi connectivity index (χ4n) is 2.29. The van der Waals surface area contributed by atoms with E-state index in [9.17, 15) is 4.79 Å². The fourth-order valence-corrected chi connectivity index (χ4v) is 3.18. The molecule has 3 nitrogen and oxygen atoms in total. The number of amides is 1. The number of piperidine rings is 1. The van der Waals surface area contributed by atoms with Crippen LogP contribution in [0.25, 0.3) is 0 Å². The van der Waals surface area contributed by atoms with Crippen molar-refractivity contribution in [1.29, 1.82) is 0 Å². The maximum absolute atomic E-state index is 12.2. The molecule has 86 valence electrons. The lowest BCUT2D eigenvalue weighted by molar-refractivity contribution is -0.136. The van der Waals surface area contributed by atoms with Gasteiger partial charge in [0.05, 0.1) is 0 Å². The van der Waals surface area contributed by atoms with Crippen LogP contribution < -0.4 is 5.32 Å². The van der Waals surface area contributed by atoms with Gasteiger partial charge in [-0.25, -0.2) is 0 Å². The first-order chi connectivity index (χ1) is 7.38. The predicted molar refractivity (Wildman–Crippen MR) is 64.1 cm³/mol. The molecule has 0 spiro atoms. The van der Waals surface area contributed by atoms with Gasteiger partial charge >= 0.3 is 0 Å². The Morgan fingerprint density at radius 3 is 2.80 bits per heavy atom. The van der Waals surface area contributed by atoms with Crippen LogP contribution in [0.1, 0.15) is 19.3 Å². The maximum Gasteiger partial charge on any atom is 0.225 e. The van der Waals surface area contributed by atoms with Crippen molar-refractivity contribution in [3.63, 3.8) is 0 Å². The number of nitrogens with zero attached hydrogens (tertiary/aromatic N) is 1. The minimum Gasteiger partial charge on any atom is -0.342 e. The number of hydrogen-bond donors (Lipinski definition) is 1. The molecule has 0 aromatic rings. The van der Waals surface area contributed by atoms with Crippen LogP contribution in [0.15, 0.2) is 0 Å². The van der Waals surface area contributed by atoms with Crippen molar-refractivity contribution in [1.82, 2.24) is 10.2 Å². The molecular formula is C11H20N2OS. The van der Waals surface area contributed by atoms with Crippen molar-refractivity contribution in [3.8, 4) is 0 Å². The quantitative estimate of drug-likeness (QED) is 0.725. The Kier molecular flexibility index (Phi) is 4.32. The zero-order chi connectivity index (χ0) is 10.5. The van der Waals surface area contributed by atoms with Gasteiger partial charge in [0, 0.05) is 24.8 Å². The molecule has 0 aromatic carbocycles. The summed E-state index contributed by atoms with van der Waals surface area (Å²) in [4.78, 5) is 14.3. The van der Waals surface area contributed by atoms with Crippen molar-refractivity contribution in [2.75, 3.05) is 37.7 Å². The van der Waals surface area contributed by atoms with E-state index in [0.29, 0.717) is 11.8 Å². The third-order valence-electron chi connectivity index (χ3n) is 3.22. The minimum absolute atomic E-state index is 0.300. The molecule has 0 atom stereocenters. The number of carbonyl (C=O) groups excluding carboxylic acids is 1. The van der Waals surface area contributed by atoms with E-state index >= 15 is 0 Å². The highest BCUT2D eigenvalue weighted by atomic mass is 32.2. The van der Waals surface area contributed by atoms with Crippen LogP contribution in [-0.4, -0.2) is 48.5 Å². The number of carbonyl (C=O) groups is 1. The molecule has 1 amide bonds. The summed E-state index contributed by atoms with van der Waals surface area (Å²) >= 11 is 1.98. The van der Waals surface area contributed by atoms with Crippen molar-refractivity contribution in [2.24, 2.45) is 5.92 Å². The summed E-state index contributed by atoms with van der Waals surface area (Å²) in [7, 11) is 0. The lowest BCUT2D eigenvalue weighted by Crippen LogP contribution is -2.41. The van der Waals surface area contributed by atoms with E-state index in [1.807, 2.05) is 11.8 Å².